The molecule has 0 fully saturated rings. The smallest absolute Gasteiger partial charge is 0.348 e. The van der Waals surface area contributed by atoms with Gasteiger partial charge in [0.05, 0.1) is 19.1 Å². The van der Waals surface area contributed by atoms with Crippen molar-refractivity contribution in [1.82, 2.24) is 10.6 Å². The number of halogens is 4. The summed E-state index contributed by atoms with van der Waals surface area (Å²) in [5.41, 5.74) is 0.882. The second-order valence-corrected chi connectivity index (χ2v) is 4.98. The third kappa shape index (κ3) is 6.58. The molecule has 0 bridgehead atoms. The van der Waals surface area contributed by atoms with Crippen LogP contribution in [0, 0.1) is 0 Å². The number of carbonyl (C=O) groups excluding carboxylic acids is 1. The first-order valence-corrected chi connectivity index (χ1v) is 6.39. The lowest BCUT2D eigenvalue weighted by Gasteiger charge is -2.15. The van der Waals surface area contributed by atoms with Gasteiger partial charge in [-0.25, -0.2) is 0 Å². The molecule has 19 heavy (non-hydrogen) atoms. The van der Waals surface area contributed by atoms with Crippen LogP contribution < -0.4 is 10.6 Å². The molecule has 106 valence electrons. The topological polar surface area (TPSA) is 41.1 Å². The van der Waals surface area contributed by atoms with Gasteiger partial charge in [0, 0.05) is 4.47 Å². The summed E-state index contributed by atoms with van der Waals surface area (Å²) in [6.45, 7) is 0.234. The summed E-state index contributed by atoms with van der Waals surface area (Å²) in [4.78, 5) is 11.4. The van der Waals surface area contributed by atoms with Crippen LogP contribution >= 0.6 is 15.9 Å². The summed E-state index contributed by atoms with van der Waals surface area (Å²) in [7, 11) is 0. The van der Waals surface area contributed by atoms with Gasteiger partial charge in [-0.05, 0) is 24.6 Å². The molecule has 0 saturated heterocycles. The Labute approximate surface area is 117 Å². The molecular weight excluding hydrogens is 325 g/mol. The van der Waals surface area contributed by atoms with Crippen molar-refractivity contribution < 1.29 is 18.0 Å². The lowest BCUT2D eigenvalue weighted by atomic mass is 10.1. The van der Waals surface area contributed by atoms with Crippen LogP contribution in [-0.4, -0.2) is 25.2 Å². The fourth-order valence-corrected chi connectivity index (χ4v) is 1.71. The summed E-state index contributed by atoms with van der Waals surface area (Å²) >= 11 is 3.29. The fraction of sp³-hybridized carbons (Fsp3) is 0.417. The zero-order valence-electron chi connectivity index (χ0n) is 10.2. The minimum absolute atomic E-state index is 0.256. The third-order valence-corrected chi connectivity index (χ3v) is 2.89. The highest BCUT2D eigenvalue weighted by Gasteiger charge is 2.26. The molecule has 1 atom stereocenters. The van der Waals surface area contributed by atoms with Gasteiger partial charge in [-0.1, -0.05) is 28.1 Å². The van der Waals surface area contributed by atoms with Crippen LogP contribution in [0.15, 0.2) is 28.7 Å². The number of carbonyl (C=O) groups is 1. The number of hydrogen-bond donors (Lipinski definition) is 2. The van der Waals surface area contributed by atoms with Gasteiger partial charge in [-0.15, -0.1) is 0 Å². The third-order valence-electron chi connectivity index (χ3n) is 2.36. The average Bonchev–Trinajstić information content (AvgIpc) is 2.27. The van der Waals surface area contributed by atoms with E-state index in [1.54, 1.807) is 6.92 Å². The number of nitrogens with one attached hydrogen (secondary N) is 2. The minimum Gasteiger partial charge on any atom is -0.348 e. The molecule has 1 aromatic rings. The van der Waals surface area contributed by atoms with Gasteiger partial charge in [0.25, 0.3) is 0 Å². The fourth-order valence-electron chi connectivity index (χ4n) is 1.45. The second-order valence-electron chi connectivity index (χ2n) is 4.06. The number of rotatable bonds is 5. The zero-order chi connectivity index (χ0) is 14.5. The Morgan fingerprint density at radius 2 is 1.89 bits per heavy atom. The predicted octanol–water partition coefficient (Wildman–Crippen LogP) is 2.78. The molecule has 1 aromatic carbocycles. The van der Waals surface area contributed by atoms with E-state index in [9.17, 15) is 18.0 Å². The molecule has 0 spiro atoms. The van der Waals surface area contributed by atoms with Crippen molar-refractivity contribution >= 4 is 21.8 Å². The summed E-state index contributed by atoms with van der Waals surface area (Å²) in [5.74, 6) is -0.473. The van der Waals surface area contributed by atoms with Crippen LogP contribution in [-0.2, 0) is 4.79 Å². The van der Waals surface area contributed by atoms with E-state index in [4.69, 9.17) is 0 Å². The van der Waals surface area contributed by atoms with Gasteiger partial charge >= 0.3 is 6.18 Å². The maximum absolute atomic E-state index is 11.9. The highest BCUT2D eigenvalue weighted by atomic mass is 79.9. The maximum Gasteiger partial charge on any atom is 0.401 e. The lowest BCUT2D eigenvalue weighted by Crippen LogP contribution is -2.39. The Hall–Kier alpha value is -1.08. The molecule has 0 heterocycles. The Balaban J connectivity index is 2.38. The quantitative estimate of drug-likeness (QED) is 0.866. The molecule has 1 rings (SSSR count). The van der Waals surface area contributed by atoms with Crippen molar-refractivity contribution in [2.75, 3.05) is 13.1 Å². The maximum atomic E-state index is 11.9. The molecule has 0 aliphatic carbocycles. The number of hydrogen-bond acceptors (Lipinski definition) is 2. The van der Waals surface area contributed by atoms with Gasteiger partial charge in [0.2, 0.25) is 5.91 Å². The second kappa shape index (κ2) is 6.91. The van der Waals surface area contributed by atoms with Gasteiger partial charge in [0.1, 0.15) is 0 Å². The van der Waals surface area contributed by atoms with Crippen LogP contribution in [0.5, 0.6) is 0 Å². The largest absolute Gasteiger partial charge is 0.401 e. The van der Waals surface area contributed by atoms with Crippen LogP contribution in [0.1, 0.15) is 18.5 Å². The van der Waals surface area contributed by atoms with Crippen molar-refractivity contribution in [1.29, 1.82) is 0 Å². The van der Waals surface area contributed by atoms with E-state index in [1.165, 1.54) is 0 Å². The first-order valence-electron chi connectivity index (χ1n) is 5.60. The van der Waals surface area contributed by atoms with Crippen LogP contribution in [0.4, 0.5) is 13.2 Å². The summed E-state index contributed by atoms with van der Waals surface area (Å²) in [5, 5.41) is 4.66. The molecule has 2 N–H and O–H groups in total. The molecule has 0 aromatic heterocycles. The van der Waals surface area contributed by atoms with E-state index in [0.29, 0.717) is 0 Å². The monoisotopic (exact) mass is 338 g/mol. The first-order chi connectivity index (χ1) is 8.78. The molecule has 7 heteroatoms. The van der Waals surface area contributed by atoms with Crippen LogP contribution in [0.25, 0.3) is 0 Å². The van der Waals surface area contributed by atoms with E-state index in [0.717, 1.165) is 10.0 Å². The number of amides is 1. The average molecular weight is 339 g/mol. The lowest BCUT2D eigenvalue weighted by molar-refractivity contribution is -0.128. The predicted molar refractivity (Wildman–Crippen MR) is 69.6 cm³/mol. The van der Waals surface area contributed by atoms with Crippen molar-refractivity contribution in [2.24, 2.45) is 0 Å². The van der Waals surface area contributed by atoms with Gasteiger partial charge < -0.3 is 10.6 Å². The molecule has 0 saturated carbocycles. The van der Waals surface area contributed by atoms with Gasteiger partial charge in [0.15, 0.2) is 0 Å². The number of benzene rings is 1. The highest BCUT2D eigenvalue weighted by Crippen LogP contribution is 2.16. The van der Waals surface area contributed by atoms with E-state index in [1.807, 2.05) is 29.6 Å². The van der Waals surface area contributed by atoms with Crippen LogP contribution in [0.2, 0.25) is 0 Å². The Morgan fingerprint density at radius 1 is 1.32 bits per heavy atom. The van der Waals surface area contributed by atoms with Gasteiger partial charge in [-0.3, -0.25) is 4.79 Å². The van der Waals surface area contributed by atoms with Crippen molar-refractivity contribution in [3.63, 3.8) is 0 Å². The SMILES string of the molecule is CC(NC(=O)CNCC(F)(F)F)c1ccc(Br)cc1. The highest BCUT2D eigenvalue weighted by molar-refractivity contribution is 9.10. The molecule has 1 unspecified atom stereocenters. The van der Waals surface area contributed by atoms with E-state index < -0.39 is 18.6 Å². The standard InChI is InChI=1S/C12H14BrF3N2O/c1-8(9-2-4-10(13)5-3-9)18-11(19)6-17-7-12(14,15)16/h2-5,8,17H,6-7H2,1H3,(H,18,19). The van der Waals surface area contributed by atoms with Crippen molar-refractivity contribution in [2.45, 2.75) is 19.1 Å². The Bertz CT molecular complexity index is 420. The van der Waals surface area contributed by atoms with Crippen molar-refractivity contribution in [3.05, 3.63) is 34.3 Å². The van der Waals surface area contributed by atoms with Crippen molar-refractivity contribution in [3.8, 4) is 0 Å². The molecule has 3 nitrogen and oxygen atoms in total. The number of alkyl halides is 3. The Kier molecular flexibility index (Phi) is 5.81. The van der Waals surface area contributed by atoms with E-state index >= 15 is 0 Å². The molecule has 1 amide bonds. The Morgan fingerprint density at radius 3 is 2.42 bits per heavy atom. The summed E-state index contributed by atoms with van der Waals surface area (Å²) in [6, 6.07) is 7.07. The summed E-state index contributed by atoms with van der Waals surface area (Å²) in [6.07, 6.45) is -4.31. The van der Waals surface area contributed by atoms with E-state index in [-0.39, 0.29) is 12.6 Å². The molecular formula is C12H14BrF3N2O. The zero-order valence-corrected chi connectivity index (χ0v) is 11.8. The van der Waals surface area contributed by atoms with Crippen LogP contribution in [0.3, 0.4) is 0 Å². The summed E-state index contributed by atoms with van der Waals surface area (Å²) < 4.78 is 36.5. The first kappa shape index (κ1) is 16.0. The van der Waals surface area contributed by atoms with E-state index in [2.05, 4.69) is 21.2 Å². The molecule has 0 aliphatic heterocycles. The normalized spacial score (nSPS) is 13.1. The minimum atomic E-state index is -4.31. The molecule has 0 aliphatic rings. The van der Waals surface area contributed by atoms with Gasteiger partial charge in [-0.2, -0.15) is 13.2 Å². The molecule has 0 radical (unpaired) electrons.